The van der Waals surface area contributed by atoms with Crippen LogP contribution < -0.4 is 0 Å². The second-order valence-corrected chi connectivity index (χ2v) is 15.2. The first-order valence-electron chi connectivity index (χ1n) is 10.7. The third kappa shape index (κ3) is 2.79. The molecule has 0 amide bonds. The van der Waals surface area contributed by atoms with Gasteiger partial charge in [-0.15, -0.1) is 0 Å². The van der Waals surface area contributed by atoms with Crippen molar-refractivity contribution in [2.24, 2.45) is 28.6 Å². The summed E-state index contributed by atoms with van der Waals surface area (Å²) in [5.41, 5.74) is 1.48. The van der Waals surface area contributed by atoms with Gasteiger partial charge in [-0.1, -0.05) is 12.5 Å². The number of fused-ring (bicyclic) bond motifs is 5. The molecular weight excluding hydrogens is 340 g/mol. The molecule has 3 fully saturated rings. The largest absolute Gasteiger partial charge is 0.414 e. The summed E-state index contributed by atoms with van der Waals surface area (Å²) in [6, 6.07) is 0. The van der Waals surface area contributed by atoms with Gasteiger partial charge < -0.3 is 9.53 Å². The van der Waals surface area contributed by atoms with Gasteiger partial charge in [-0.2, -0.15) is 0 Å². The van der Waals surface area contributed by atoms with E-state index in [1.165, 1.54) is 37.7 Å². The van der Waals surface area contributed by atoms with Crippen molar-refractivity contribution in [2.75, 3.05) is 6.61 Å². The quantitative estimate of drug-likeness (QED) is 0.726. The third-order valence-corrected chi connectivity index (χ3v) is 9.37. The fourth-order valence-electron chi connectivity index (χ4n) is 7.23. The molecule has 0 spiro atoms. The fourth-order valence-corrected chi connectivity index (χ4v) is 8.47. The molecule has 0 saturated heterocycles. The summed E-state index contributed by atoms with van der Waals surface area (Å²) in [4.78, 5) is 12.0. The molecule has 0 aromatic carbocycles. The Morgan fingerprint density at radius 3 is 2.58 bits per heavy atom. The van der Waals surface area contributed by atoms with Crippen LogP contribution in [0.1, 0.15) is 58.3 Å². The molecule has 4 heteroatoms. The molecule has 0 unspecified atom stereocenters. The summed E-state index contributed by atoms with van der Waals surface area (Å²) in [7, 11) is -1.53. The maximum Gasteiger partial charge on any atom is 0.184 e. The highest BCUT2D eigenvalue weighted by molar-refractivity contribution is 6.69. The molecule has 3 nitrogen and oxygen atoms in total. The normalized spacial score (nSPS) is 45.6. The molecule has 3 saturated carbocycles. The molecule has 4 aliphatic rings. The van der Waals surface area contributed by atoms with Gasteiger partial charge in [-0.3, -0.25) is 4.79 Å². The zero-order valence-corrected chi connectivity index (χ0v) is 18.0. The monoisotopic (exact) mass is 376 g/mol. The van der Waals surface area contributed by atoms with E-state index >= 15 is 0 Å². The van der Waals surface area contributed by atoms with Crippen LogP contribution in [0, 0.1) is 28.6 Å². The van der Waals surface area contributed by atoms with Gasteiger partial charge in [-0.25, -0.2) is 0 Å². The first-order chi connectivity index (χ1) is 12.2. The molecule has 6 atom stereocenters. The van der Waals surface area contributed by atoms with E-state index in [1.807, 2.05) is 6.08 Å². The molecule has 0 heterocycles. The minimum atomic E-state index is -1.53. The SMILES string of the molecule is C[C@]12CC[C@H]3[C@@H](CCC4=CC(=O)CC[C@@]43CO)[C@@H]1CC[C@@H]2O[Si](C)(C)C. The van der Waals surface area contributed by atoms with E-state index in [-0.39, 0.29) is 17.8 Å². The maximum atomic E-state index is 12.0. The molecule has 4 aliphatic carbocycles. The van der Waals surface area contributed by atoms with Crippen LogP contribution >= 0.6 is 0 Å². The Morgan fingerprint density at radius 1 is 1.12 bits per heavy atom. The van der Waals surface area contributed by atoms with Gasteiger partial charge in [0.1, 0.15) is 0 Å². The molecule has 0 radical (unpaired) electrons. The molecule has 0 bridgehead atoms. The summed E-state index contributed by atoms with van der Waals surface area (Å²) in [6.07, 6.45) is 10.9. The summed E-state index contributed by atoms with van der Waals surface area (Å²) in [6.45, 7) is 9.66. The van der Waals surface area contributed by atoms with Crippen LogP contribution in [-0.2, 0) is 9.22 Å². The average Bonchev–Trinajstić information content (AvgIpc) is 2.89. The lowest BCUT2D eigenvalue weighted by Crippen LogP contribution is -2.54. The second-order valence-electron chi connectivity index (χ2n) is 10.7. The van der Waals surface area contributed by atoms with Gasteiger partial charge in [0, 0.05) is 11.8 Å². The molecule has 146 valence electrons. The van der Waals surface area contributed by atoms with Crippen LogP contribution in [0.2, 0.25) is 19.6 Å². The van der Waals surface area contributed by atoms with Crippen molar-refractivity contribution in [1.29, 1.82) is 0 Å². The zero-order chi connectivity index (χ0) is 18.7. The number of rotatable bonds is 3. The van der Waals surface area contributed by atoms with Crippen molar-refractivity contribution in [2.45, 2.75) is 84.0 Å². The van der Waals surface area contributed by atoms with E-state index < -0.39 is 8.32 Å². The number of ketones is 1. The molecule has 0 aliphatic heterocycles. The molecule has 26 heavy (non-hydrogen) atoms. The number of aliphatic hydroxyl groups is 1. The van der Waals surface area contributed by atoms with E-state index in [2.05, 4.69) is 26.6 Å². The van der Waals surface area contributed by atoms with E-state index in [1.54, 1.807) is 0 Å². The average molecular weight is 377 g/mol. The second kappa shape index (κ2) is 6.28. The van der Waals surface area contributed by atoms with E-state index in [0.717, 1.165) is 18.8 Å². The number of hydrogen-bond donors (Lipinski definition) is 1. The molecule has 4 rings (SSSR count). The predicted molar refractivity (Wildman–Crippen MR) is 106 cm³/mol. The van der Waals surface area contributed by atoms with Crippen LogP contribution in [0.4, 0.5) is 0 Å². The van der Waals surface area contributed by atoms with Crippen molar-refractivity contribution >= 4 is 14.1 Å². The maximum absolute atomic E-state index is 12.0. The predicted octanol–water partition coefficient (Wildman–Crippen LogP) is 4.71. The van der Waals surface area contributed by atoms with Crippen LogP contribution in [0.3, 0.4) is 0 Å². The number of aliphatic hydroxyl groups excluding tert-OH is 1. The first-order valence-corrected chi connectivity index (χ1v) is 14.1. The summed E-state index contributed by atoms with van der Waals surface area (Å²) < 4.78 is 6.66. The minimum absolute atomic E-state index is 0.101. The highest BCUT2D eigenvalue weighted by atomic mass is 28.4. The highest BCUT2D eigenvalue weighted by Crippen LogP contribution is 2.65. The number of hydrogen-bond acceptors (Lipinski definition) is 3. The lowest BCUT2D eigenvalue weighted by atomic mass is 9.47. The van der Waals surface area contributed by atoms with Crippen LogP contribution in [0.25, 0.3) is 0 Å². The van der Waals surface area contributed by atoms with Gasteiger partial charge in [0.15, 0.2) is 14.1 Å². The molecular formula is C22H36O3Si. The highest BCUT2D eigenvalue weighted by Gasteiger charge is 2.60. The first kappa shape index (κ1) is 18.9. The van der Waals surface area contributed by atoms with Crippen molar-refractivity contribution in [3.63, 3.8) is 0 Å². The van der Waals surface area contributed by atoms with Gasteiger partial charge in [0.05, 0.1) is 12.7 Å². The van der Waals surface area contributed by atoms with E-state index in [9.17, 15) is 9.90 Å². The van der Waals surface area contributed by atoms with Crippen molar-refractivity contribution in [1.82, 2.24) is 0 Å². The zero-order valence-electron chi connectivity index (χ0n) is 17.0. The topological polar surface area (TPSA) is 46.5 Å². The Bertz CT molecular complexity index is 621. The smallest absolute Gasteiger partial charge is 0.184 e. The molecule has 1 N–H and O–H groups in total. The van der Waals surface area contributed by atoms with Crippen LogP contribution in [-0.4, -0.2) is 31.9 Å². The lowest BCUT2D eigenvalue weighted by Gasteiger charge is -2.58. The number of carbonyl (C=O) groups is 1. The van der Waals surface area contributed by atoms with Crippen LogP contribution in [0.15, 0.2) is 11.6 Å². The Balaban J connectivity index is 1.63. The molecule has 0 aromatic heterocycles. The summed E-state index contributed by atoms with van der Waals surface area (Å²) >= 11 is 0. The van der Waals surface area contributed by atoms with E-state index in [4.69, 9.17) is 4.43 Å². The van der Waals surface area contributed by atoms with Crippen molar-refractivity contribution in [3.8, 4) is 0 Å². The van der Waals surface area contributed by atoms with E-state index in [0.29, 0.717) is 29.8 Å². The van der Waals surface area contributed by atoms with Gasteiger partial charge in [0.2, 0.25) is 0 Å². The standard InChI is InChI=1S/C22H36O3Si/c1-21-11-10-19-17(18(21)7-8-20(21)25-26(2,3)4)6-5-15-13-16(24)9-12-22(15,19)14-23/h13,17-20,23H,5-12,14H2,1-4H3/t17-,18-,19-,20-,21-,22+/m0/s1. The van der Waals surface area contributed by atoms with Crippen LogP contribution in [0.5, 0.6) is 0 Å². The lowest BCUT2D eigenvalue weighted by molar-refractivity contribution is -0.119. The van der Waals surface area contributed by atoms with Gasteiger partial charge in [0.25, 0.3) is 0 Å². The Labute approximate surface area is 159 Å². The summed E-state index contributed by atoms with van der Waals surface area (Å²) in [5, 5.41) is 10.4. The fraction of sp³-hybridized carbons (Fsp3) is 0.864. The Kier molecular flexibility index (Phi) is 4.56. The van der Waals surface area contributed by atoms with Gasteiger partial charge >= 0.3 is 0 Å². The van der Waals surface area contributed by atoms with Crippen molar-refractivity contribution < 1.29 is 14.3 Å². The third-order valence-electron chi connectivity index (χ3n) is 8.38. The Hall–Kier alpha value is -0.453. The number of carbonyl (C=O) groups excluding carboxylic acids is 1. The summed E-state index contributed by atoms with van der Waals surface area (Å²) in [5.74, 6) is 2.25. The minimum Gasteiger partial charge on any atom is -0.414 e. The Morgan fingerprint density at radius 2 is 1.88 bits per heavy atom. The molecule has 0 aromatic rings. The van der Waals surface area contributed by atoms with Crippen molar-refractivity contribution in [3.05, 3.63) is 11.6 Å². The van der Waals surface area contributed by atoms with Gasteiger partial charge in [-0.05, 0) is 93.8 Å².